The Morgan fingerprint density at radius 1 is 1.33 bits per heavy atom. The average Bonchev–Trinajstić information content (AvgIpc) is 1.38. The van der Waals surface area contributed by atoms with Crippen LogP contribution in [0.15, 0.2) is 10.0 Å². The molecule has 0 aromatic carbocycles. The van der Waals surface area contributed by atoms with Crippen LogP contribution >= 0.6 is 34.8 Å². The maximum atomic E-state index is 4.96. The van der Waals surface area contributed by atoms with Gasteiger partial charge in [0.1, 0.15) is 4.49 Å². The first-order valence-electron chi connectivity index (χ1n) is 0.885. The predicted molar refractivity (Wildman–Crippen MR) is 29.3 cm³/mol. The van der Waals surface area contributed by atoms with E-state index in [0.717, 1.165) is 5.54 Å². The minimum absolute atomic E-state index is 0. The van der Waals surface area contributed by atoms with E-state index in [4.69, 9.17) is 34.8 Å². The Morgan fingerprint density at radius 2 is 1.50 bits per heavy atom. The Bertz CT molecular complexity index is 46.8. The molecule has 0 aliphatic carbocycles. The summed E-state index contributed by atoms with van der Waals surface area (Å²) in [5.74, 6) is 0. The quantitative estimate of drug-likeness (QED) is 0.502. The van der Waals surface area contributed by atoms with E-state index in [-0.39, 0.29) is 9.97 Å². The van der Waals surface area contributed by atoms with Gasteiger partial charge in [0, 0.05) is 5.54 Å². The third-order valence-corrected chi connectivity index (χ3v) is 0.742. The SMILES string of the molecule is ClC=C(Cl)Cl.O. The molecule has 0 fully saturated rings. The summed E-state index contributed by atoms with van der Waals surface area (Å²) in [4.78, 5) is 0. The molecule has 0 aliphatic rings. The van der Waals surface area contributed by atoms with Gasteiger partial charge in [0.25, 0.3) is 0 Å². The van der Waals surface area contributed by atoms with Crippen molar-refractivity contribution < 1.29 is 5.48 Å². The molecule has 0 aromatic rings. The molecule has 0 radical (unpaired) electrons. The lowest BCUT2D eigenvalue weighted by molar-refractivity contribution is 0.824. The van der Waals surface area contributed by atoms with Gasteiger partial charge in [0.2, 0.25) is 0 Å². The van der Waals surface area contributed by atoms with Crippen molar-refractivity contribution in [1.82, 2.24) is 0 Å². The van der Waals surface area contributed by atoms with Crippen LogP contribution in [0.3, 0.4) is 0 Å². The predicted octanol–water partition coefficient (Wildman–Crippen LogP) is 1.68. The standard InChI is InChI=1S/C2HCl3.H2O/c3-1-2(4)5;/h1H;1H2. The molecule has 2 N–H and O–H groups in total. The molecule has 0 unspecified atom stereocenters. The van der Waals surface area contributed by atoms with Crippen molar-refractivity contribution >= 4 is 34.8 Å². The first-order chi connectivity index (χ1) is 2.27. The van der Waals surface area contributed by atoms with E-state index in [1.807, 2.05) is 0 Å². The minimum atomic E-state index is 0. The monoisotopic (exact) mass is 148 g/mol. The minimum Gasteiger partial charge on any atom is -0.412 e. The highest BCUT2D eigenvalue weighted by molar-refractivity contribution is 6.58. The van der Waals surface area contributed by atoms with Gasteiger partial charge in [0.15, 0.2) is 0 Å². The molecular formula is C2H3Cl3O. The summed E-state index contributed by atoms with van der Waals surface area (Å²) in [7, 11) is 0. The summed E-state index contributed by atoms with van der Waals surface area (Å²) in [6, 6.07) is 0. The fourth-order valence-corrected chi connectivity index (χ4v) is 0. The average molecular weight is 149 g/mol. The zero-order valence-electron chi connectivity index (χ0n) is 2.71. The largest absolute Gasteiger partial charge is 0.412 e. The number of rotatable bonds is 0. The summed E-state index contributed by atoms with van der Waals surface area (Å²) in [6.45, 7) is 0. The first kappa shape index (κ1) is 9.76. The molecule has 38 valence electrons. The Morgan fingerprint density at radius 3 is 1.50 bits per heavy atom. The van der Waals surface area contributed by atoms with Crippen LogP contribution in [0.1, 0.15) is 0 Å². The van der Waals surface area contributed by atoms with Crippen molar-refractivity contribution in [3.8, 4) is 0 Å². The zero-order valence-corrected chi connectivity index (χ0v) is 4.98. The van der Waals surface area contributed by atoms with Gasteiger partial charge >= 0.3 is 0 Å². The molecule has 0 bridgehead atoms. The van der Waals surface area contributed by atoms with E-state index in [2.05, 4.69) is 0 Å². The van der Waals surface area contributed by atoms with Gasteiger partial charge in [-0.15, -0.1) is 0 Å². The summed E-state index contributed by atoms with van der Waals surface area (Å²) in [5.41, 5.74) is 1.09. The number of hydrogen-bond donors (Lipinski definition) is 0. The van der Waals surface area contributed by atoms with Crippen molar-refractivity contribution in [3.05, 3.63) is 10.0 Å². The smallest absolute Gasteiger partial charge is 0.118 e. The summed E-state index contributed by atoms with van der Waals surface area (Å²) >= 11 is 14.8. The van der Waals surface area contributed by atoms with Crippen molar-refractivity contribution in [3.63, 3.8) is 0 Å². The molecule has 0 amide bonds. The van der Waals surface area contributed by atoms with Crippen LogP contribution in [0.25, 0.3) is 0 Å². The molecule has 0 atom stereocenters. The molecule has 0 aliphatic heterocycles. The number of hydrogen-bond acceptors (Lipinski definition) is 0. The van der Waals surface area contributed by atoms with Gasteiger partial charge in [0.05, 0.1) is 0 Å². The maximum Gasteiger partial charge on any atom is 0.118 e. The Hall–Kier alpha value is 0.570. The molecule has 0 rings (SSSR count). The van der Waals surface area contributed by atoms with Crippen LogP contribution < -0.4 is 0 Å². The number of halogens is 3. The van der Waals surface area contributed by atoms with Crippen molar-refractivity contribution in [1.29, 1.82) is 0 Å². The normalized spacial score (nSPS) is 5.83. The van der Waals surface area contributed by atoms with Crippen LogP contribution in [0.2, 0.25) is 0 Å². The van der Waals surface area contributed by atoms with Gasteiger partial charge in [-0.1, -0.05) is 34.8 Å². The lowest BCUT2D eigenvalue weighted by atomic mass is 11.2. The topological polar surface area (TPSA) is 31.5 Å². The van der Waals surface area contributed by atoms with Crippen LogP contribution in [-0.2, 0) is 0 Å². The van der Waals surface area contributed by atoms with Gasteiger partial charge in [-0.05, 0) is 0 Å². The van der Waals surface area contributed by atoms with Crippen molar-refractivity contribution in [2.24, 2.45) is 0 Å². The molecule has 1 nitrogen and oxygen atoms in total. The molecule has 0 spiro atoms. The highest BCUT2D eigenvalue weighted by Gasteiger charge is 1.70. The second kappa shape index (κ2) is 5.57. The van der Waals surface area contributed by atoms with E-state index in [9.17, 15) is 0 Å². The summed E-state index contributed by atoms with van der Waals surface area (Å²) in [5, 5.41) is 0. The van der Waals surface area contributed by atoms with E-state index in [1.165, 1.54) is 0 Å². The summed E-state index contributed by atoms with van der Waals surface area (Å²) in [6.07, 6.45) is 0. The third kappa shape index (κ3) is 8.82. The van der Waals surface area contributed by atoms with Gasteiger partial charge in [-0.2, -0.15) is 0 Å². The van der Waals surface area contributed by atoms with E-state index < -0.39 is 0 Å². The highest BCUT2D eigenvalue weighted by atomic mass is 35.5. The highest BCUT2D eigenvalue weighted by Crippen LogP contribution is 2.05. The van der Waals surface area contributed by atoms with Crippen LogP contribution in [0, 0.1) is 0 Å². The molecule has 0 saturated carbocycles. The van der Waals surface area contributed by atoms with Crippen LogP contribution in [0.5, 0.6) is 0 Å². The van der Waals surface area contributed by atoms with E-state index in [1.54, 1.807) is 0 Å². The lowest BCUT2D eigenvalue weighted by Gasteiger charge is -1.64. The Kier molecular flexibility index (Phi) is 9.06. The van der Waals surface area contributed by atoms with E-state index >= 15 is 0 Å². The maximum absolute atomic E-state index is 4.96. The fourth-order valence-electron chi connectivity index (χ4n) is 0. The molecular weight excluding hydrogens is 146 g/mol. The Balaban J connectivity index is 0. The van der Waals surface area contributed by atoms with Gasteiger partial charge < -0.3 is 5.48 Å². The molecule has 0 saturated heterocycles. The Labute approximate surface area is 50.8 Å². The van der Waals surface area contributed by atoms with E-state index in [0.29, 0.717) is 0 Å². The molecule has 0 heterocycles. The molecule has 6 heavy (non-hydrogen) atoms. The van der Waals surface area contributed by atoms with Gasteiger partial charge in [-0.25, -0.2) is 0 Å². The van der Waals surface area contributed by atoms with Crippen LogP contribution in [0.4, 0.5) is 0 Å². The fraction of sp³-hybridized carbons (Fsp3) is 0. The second-order valence-electron chi connectivity index (χ2n) is 0.399. The lowest BCUT2D eigenvalue weighted by Crippen LogP contribution is -1.33. The third-order valence-electron chi connectivity index (χ3n) is 0.0825. The van der Waals surface area contributed by atoms with Crippen molar-refractivity contribution in [2.75, 3.05) is 0 Å². The summed E-state index contributed by atoms with van der Waals surface area (Å²) < 4.78 is 0.0895. The van der Waals surface area contributed by atoms with Gasteiger partial charge in [-0.3, -0.25) is 0 Å². The van der Waals surface area contributed by atoms with Crippen molar-refractivity contribution in [2.45, 2.75) is 0 Å². The molecule has 4 heteroatoms. The van der Waals surface area contributed by atoms with Crippen LogP contribution in [-0.4, -0.2) is 5.48 Å². The zero-order chi connectivity index (χ0) is 4.28. The second-order valence-corrected chi connectivity index (χ2v) is 1.62. The first-order valence-corrected chi connectivity index (χ1v) is 2.08. The molecule has 0 aromatic heterocycles.